The maximum atomic E-state index is 6.69. The first-order valence-electron chi connectivity index (χ1n) is 21.3. The summed E-state index contributed by atoms with van der Waals surface area (Å²) in [6, 6.07) is 75.7. The topological polar surface area (TPSA) is 51.8 Å². The molecule has 3 heterocycles. The monoisotopic (exact) mass is 821 g/mol. The van der Waals surface area contributed by atoms with Crippen molar-refractivity contribution >= 4 is 53.4 Å². The molecule has 63 heavy (non-hydrogen) atoms. The average molecular weight is 822 g/mol. The molecule has 0 unspecified atom stereocenters. The van der Waals surface area contributed by atoms with Crippen LogP contribution in [0.2, 0.25) is 0 Å². The van der Waals surface area contributed by atoms with Crippen LogP contribution in [-0.4, -0.2) is 15.0 Å². The van der Waals surface area contributed by atoms with Crippen molar-refractivity contribution in [2.45, 2.75) is 5.41 Å². The highest BCUT2D eigenvalue weighted by Gasteiger charge is 2.46. The van der Waals surface area contributed by atoms with Crippen LogP contribution in [0.1, 0.15) is 22.3 Å². The van der Waals surface area contributed by atoms with E-state index in [1.165, 1.54) is 64.7 Å². The molecule has 0 radical (unpaired) electrons. The summed E-state index contributed by atoms with van der Waals surface area (Å²) >= 11 is 1.84. The Bertz CT molecular complexity index is 3630. The van der Waals surface area contributed by atoms with E-state index in [1.54, 1.807) is 0 Å². The Kier molecular flexibility index (Phi) is 7.96. The SMILES string of the molecule is c1ccc(-c2nc(-c3ccccc3)nc(-c3ccc4c(c3)C(c3ccccc3)(c3ccccc3)c3cc(-c5cc6c7ccccc7oc6c6c5sc5ccccc56)ccc3-4)n2)cc1. The molecular formula is C58H35N3OS. The fraction of sp³-hybridized carbons (Fsp3) is 0.0172. The molecule has 0 atom stereocenters. The van der Waals surface area contributed by atoms with Gasteiger partial charge in [0, 0.05) is 53.2 Å². The Balaban J connectivity index is 1.08. The van der Waals surface area contributed by atoms with Gasteiger partial charge in [-0.3, -0.25) is 0 Å². The largest absolute Gasteiger partial charge is 0.455 e. The van der Waals surface area contributed by atoms with Gasteiger partial charge in [-0.15, -0.1) is 11.3 Å². The van der Waals surface area contributed by atoms with Crippen LogP contribution < -0.4 is 0 Å². The first-order valence-corrected chi connectivity index (χ1v) is 22.1. The van der Waals surface area contributed by atoms with Crippen molar-refractivity contribution in [1.29, 1.82) is 0 Å². The number of furan rings is 1. The Labute approximate surface area is 367 Å². The molecule has 5 heteroatoms. The van der Waals surface area contributed by atoms with Crippen LogP contribution in [0.15, 0.2) is 217 Å². The third-order valence-corrected chi connectivity index (χ3v) is 14.0. The molecule has 0 aliphatic heterocycles. The van der Waals surface area contributed by atoms with Crippen LogP contribution in [-0.2, 0) is 5.41 Å². The lowest BCUT2D eigenvalue weighted by Crippen LogP contribution is -2.28. The lowest BCUT2D eigenvalue weighted by atomic mass is 9.67. The van der Waals surface area contributed by atoms with E-state index < -0.39 is 5.41 Å². The average Bonchev–Trinajstić information content (AvgIpc) is 4.03. The molecule has 1 aliphatic carbocycles. The first kappa shape index (κ1) is 35.7. The van der Waals surface area contributed by atoms with Crippen molar-refractivity contribution in [3.8, 4) is 56.4 Å². The minimum Gasteiger partial charge on any atom is -0.455 e. The van der Waals surface area contributed by atoms with E-state index in [9.17, 15) is 0 Å². The summed E-state index contributed by atoms with van der Waals surface area (Å²) in [5, 5.41) is 4.65. The highest BCUT2D eigenvalue weighted by molar-refractivity contribution is 7.26. The van der Waals surface area contributed by atoms with Crippen LogP contribution in [0.5, 0.6) is 0 Å². The maximum Gasteiger partial charge on any atom is 0.164 e. The second-order valence-corrected chi connectivity index (χ2v) is 17.3. The number of fused-ring (bicyclic) bond motifs is 10. The predicted molar refractivity (Wildman–Crippen MR) is 259 cm³/mol. The Morgan fingerprint density at radius 1 is 0.381 bits per heavy atom. The normalized spacial score (nSPS) is 12.9. The number of nitrogens with zero attached hydrogens (tertiary/aromatic N) is 3. The molecule has 13 rings (SSSR count). The van der Waals surface area contributed by atoms with Crippen molar-refractivity contribution in [3.63, 3.8) is 0 Å². The molecular weight excluding hydrogens is 787 g/mol. The quantitative estimate of drug-likeness (QED) is 0.168. The number of hydrogen-bond donors (Lipinski definition) is 0. The van der Waals surface area contributed by atoms with Gasteiger partial charge in [0.1, 0.15) is 11.2 Å². The predicted octanol–water partition coefficient (Wildman–Crippen LogP) is 15.2. The van der Waals surface area contributed by atoms with Gasteiger partial charge >= 0.3 is 0 Å². The molecule has 12 aromatic rings. The Morgan fingerprint density at radius 2 is 0.873 bits per heavy atom. The minimum atomic E-state index is -0.664. The van der Waals surface area contributed by atoms with E-state index in [2.05, 4.69) is 176 Å². The van der Waals surface area contributed by atoms with Crippen molar-refractivity contribution < 1.29 is 4.42 Å². The third kappa shape index (κ3) is 5.43. The van der Waals surface area contributed by atoms with Gasteiger partial charge in [0.05, 0.1) is 5.41 Å². The van der Waals surface area contributed by atoms with E-state index in [0.29, 0.717) is 17.5 Å². The summed E-state index contributed by atoms with van der Waals surface area (Å²) in [7, 11) is 0. The van der Waals surface area contributed by atoms with Gasteiger partial charge < -0.3 is 4.42 Å². The molecule has 0 bridgehead atoms. The van der Waals surface area contributed by atoms with Gasteiger partial charge in [0.15, 0.2) is 17.5 Å². The zero-order valence-corrected chi connectivity index (χ0v) is 34.7. The highest BCUT2D eigenvalue weighted by atomic mass is 32.1. The molecule has 0 spiro atoms. The molecule has 0 amide bonds. The van der Waals surface area contributed by atoms with E-state index >= 15 is 0 Å². The molecule has 9 aromatic carbocycles. The van der Waals surface area contributed by atoms with Crippen molar-refractivity contribution in [3.05, 3.63) is 235 Å². The molecule has 1 aliphatic rings. The molecule has 3 aromatic heterocycles. The van der Waals surface area contributed by atoms with Crippen LogP contribution in [0.25, 0.3) is 98.5 Å². The number of benzene rings is 9. The van der Waals surface area contributed by atoms with Crippen LogP contribution in [0, 0.1) is 0 Å². The maximum absolute atomic E-state index is 6.69. The second kappa shape index (κ2) is 14.0. The number of thiophene rings is 1. The molecule has 0 saturated carbocycles. The second-order valence-electron chi connectivity index (χ2n) is 16.2. The Hall–Kier alpha value is -7.99. The van der Waals surface area contributed by atoms with E-state index in [4.69, 9.17) is 19.4 Å². The summed E-state index contributed by atoms with van der Waals surface area (Å²) in [4.78, 5) is 15.4. The van der Waals surface area contributed by atoms with Crippen LogP contribution >= 0.6 is 11.3 Å². The molecule has 0 saturated heterocycles. The fourth-order valence-corrected chi connectivity index (χ4v) is 11.3. The van der Waals surface area contributed by atoms with Gasteiger partial charge in [-0.25, -0.2) is 15.0 Å². The lowest BCUT2D eigenvalue weighted by molar-refractivity contribution is 0.673. The first-order chi connectivity index (χ1) is 31.2. The van der Waals surface area contributed by atoms with Crippen LogP contribution in [0.3, 0.4) is 0 Å². The van der Waals surface area contributed by atoms with Gasteiger partial charge in [-0.1, -0.05) is 182 Å². The third-order valence-electron chi connectivity index (χ3n) is 12.8. The highest BCUT2D eigenvalue weighted by Crippen LogP contribution is 2.58. The van der Waals surface area contributed by atoms with Crippen molar-refractivity contribution in [2.75, 3.05) is 0 Å². The zero-order chi connectivity index (χ0) is 41.5. The standard InChI is InChI=1S/C58H35N3OS/c1-5-17-36(18-6-1)55-59-56(37-19-7-2-8-20-37)61-57(60-55)39-30-32-43-42-31-29-38(33-48(42)58(49(43)34-39,40-21-9-3-10-22-40)41-23-11-4-12-24-41)46-35-47-44-25-13-15-27-50(44)62-53(47)52-45-26-14-16-28-51(45)63-54(46)52/h1-35H. The number of para-hydroxylation sites is 1. The van der Waals surface area contributed by atoms with Crippen LogP contribution in [0.4, 0.5) is 0 Å². The summed E-state index contributed by atoms with van der Waals surface area (Å²) in [5.41, 5.74) is 13.6. The summed E-state index contributed by atoms with van der Waals surface area (Å²) in [6.45, 7) is 0. The fourth-order valence-electron chi connectivity index (χ4n) is 10.0. The zero-order valence-electron chi connectivity index (χ0n) is 33.9. The van der Waals surface area contributed by atoms with Gasteiger partial charge in [0.2, 0.25) is 0 Å². The molecule has 0 fully saturated rings. The summed E-state index contributed by atoms with van der Waals surface area (Å²) in [5.74, 6) is 1.91. The minimum absolute atomic E-state index is 0.630. The van der Waals surface area contributed by atoms with E-state index in [1.807, 2.05) is 47.7 Å². The number of hydrogen-bond acceptors (Lipinski definition) is 5. The van der Waals surface area contributed by atoms with Crippen molar-refractivity contribution in [1.82, 2.24) is 15.0 Å². The molecule has 294 valence electrons. The smallest absolute Gasteiger partial charge is 0.164 e. The molecule has 4 nitrogen and oxygen atoms in total. The summed E-state index contributed by atoms with van der Waals surface area (Å²) < 4.78 is 9.16. The summed E-state index contributed by atoms with van der Waals surface area (Å²) in [6.07, 6.45) is 0. The number of aromatic nitrogens is 3. The van der Waals surface area contributed by atoms with E-state index in [-0.39, 0.29) is 0 Å². The molecule has 0 N–H and O–H groups in total. The van der Waals surface area contributed by atoms with Gasteiger partial charge in [-0.05, 0) is 69.3 Å². The van der Waals surface area contributed by atoms with Gasteiger partial charge in [-0.2, -0.15) is 0 Å². The number of rotatable bonds is 6. The lowest BCUT2D eigenvalue weighted by Gasteiger charge is -2.34. The van der Waals surface area contributed by atoms with Crippen molar-refractivity contribution in [2.24, 2.45) is 0 Å². The van der Waals surface area contributed by atoms with E-state index in [0.717, 1.165) is 38.6 Å². The Morgan fingerprint density at radius 3 is 1.49 bits per heavy atom. The van der Waals surface area contributed by atoms with Gasteiger partial charge in [0.25, 0.3) is 0 Å².